The zero-order valence-corrected chi connectivity index (χ0v) is 15.1. The van der Waals surface area contributed by atoms with Crippen LogP contribution in [0.1, 0.15) is 23.0 Å². The largest absolute Gasteiger partial charge is 0.492 e. The predicted molar refractivity (Wildman–Crippen MR) is 96.4 cm³/mol. The van der Waals surface area contributed by atoms with E-state index in [0.717, 1.165) is 35.8 Å². The molecule has 27 heavy (non-hydrogen) atoms. The average Bonchev–Trinajstić information content (AvgIpc) is 3.36. The third-order valence-corrected chi connectivity index (χ3v) is 5.13. The van der Waals surface area contributed by atoms with Gasteiger partial charge in [0.2, 0.25) is 12.5 Å². The lowest BCUT2D eigenvalue weighted by molar-refractivity contribution is 0.170. The molecule has 0 spiro atoms. The molecule has 2 aromatic carbocycles. The van der Waals surface area contributed by atoms with Crippen LogP contribution in [-0.2, 0) is 6.42 Å². The SMILES string of the molecule is COc1c2c(cc3c1[C@H](c1nnnn1-c1ccccc1)N(C)CC3)OCO2. The maximum atomic E-state index is 5.77. The second-order valence-electron chi connectivity index (χ2n) is 6.63. The van der Waals surface area contributed by atoms with E-state index in [1.807, 2.05) is 30.3 Å². The van der Waals surface area contributed by atoms with E-state index < -0.39 is 0 Å². The molecule has 0 N–H and O–H groups in total. The van der Waals surface area contributed by atoms with Crippen LogP contribution < -0.4 is 14.2 Å². The van der Waals surface area contributed by atoms with Crippen LogP contribution in [0.15, 0.2) is 36.4 Å². The van der Waals surface area contributed by atoms with Gasteiger partial charge < -0.3 is 14.2 Å². The summed E-state index contributed by atoms with van der Waals surface area (Å²) in [6.07, 6.45) is 0.891. The van der Waals surface area contributed by atoms with E-state index in [4.69, 9.17) is 14.2 Å². The molecule has 0 unspecified atom stereocenters. The fourth-order valence-electron chi connectivity index (χ4n) is 3.88. The molecule has 1 aromatic heterocycles. The lowest BCUT2D eigenvalue weighted by Crippen LogP contribution is -2.35. The summed E-state index contributed by atoms with van der Waals surface area (Å²) in [4.78, 5) is 2.23. The monoisotopic (exact) mass is 365 g/mol. The summed E-state index contributed by atoms with van der Waals surface area (Å²) in [5.74, 6) is 2.81. The fourth-order valence-corrected chi connectivity index (χ4v) is 3.88. The minimum atomic E-state index is -0.159. The van der Waals surface area contributed by atoms with Crippen LogP contribution in [-0.4, -0.2) is 52.6 Å². The van der Waals surface area contributed by atoms with Crippen LogP contribution in [0.3, 0.4) is 0 Å². The minimum absolute atomic E-state index is 0.159. The van der Waals surface area contributed by atoms with E-state index in [1.54, 1.807) is 11.8 Å². The number of aromatic nitrogens is 4. The zero-order chi connectivity index (χ0) is 18.4. The molecule has 138 valence electrons. The summed E-state index contributed by atoms with van der Waals surface area (Å²) >= 11 is 0. The first-order valence-corrected chi connectivity index (χ1v) is 8.81. The number of nitrogens with zero attached hydrogens (tertiary/aromatic N) is 5. The van der Waals surface area contributed by atoms with Crippen molar-refractivity contribution in [1.29, 1.82) is 0 Å². The van der Waals surface area contributed by atoms with Crippen LogP contribution in [0, 0.1) is 0 Å². The molecule has 0 aliphatic carbocycles. The molecular weight excluding hydrogens is 346 g/mol. The van der Waals surface area contributed by atoms with Crippen molar-refractivity contribution in [2.45, 2.75) is 12.5 Å². The predicted octanol–water partition coefficient (Wildman–Crippen LogP) is 1.98. The molecule has 0 fully saturated rings. The highest BCUT2D eigenvalue weighted by molar-refractivity contribution is 5.62. The Hall–Kier alpha value is -3.13. The number of ether oxygens (including phenoxy) is 3. The molecule has 0 bridgehead atoms. The molecule has 0 radical (unpaired) electrons. The number of hydrogen-bond acceptors (Lipinski definition) is 7. The maximum absolute atomic E-state index is 5.77. The Bertz CT molecular complexity index is 989. The van der Waals surface area contributed by atoms with Crippen LogP contribution in [0.2, 0.25) is 0 Å². The van der Waals surface area contributed by atoms with Gasteiger partial charge in [-0.05, 0) is 47.7 Å². The van der Waals surface area contributed by atoms with Gasteiger partial charge in [0.15, 0.2) is 17.3 Å². The number of fused-ring (bicyclic) bond motifs is 2. The number of benzene rings is 2. The first-order chi connectivity index (χ1) is 13.3. The molecule has 1 atom stereocenters. The fraction of sp³-hybridized carbons (Fsp3) is 0.316. The normalized spacial score (nSPS) is 18.4. The molecule has 2 aliphatic rings. The molecule has 8 nitrogen and oxygen atoms in total. The number of tetrazole rings is 1. The number of para-hydroxylation sites is 1. The van der Waals surface area contributed by atoms with Gasteiger partial charge in [-0.25, -0.2) is 0 Å². The topological polar surface area (TPSA) is 74.5 Å². The van der Waals surface area contributed by atoms with Gasteiger partial charge in [-0.2, -0.15) is 4.68 Å². The molecule has 8 heteroatoms. The van der Waals surface area contributed by atoms with Gasteiger partial charge in [0.1, 0.15) is 6.04 Å². The van der Waals surface area contributed by atoms with Gasteiger partial charge in [-0.15, -0.1) is 5.10 Å². The first-order valence-electron chi connectivity index (χ1n) is 8.81. The van der Waals surface area contributed by atoms with Crippen LogP contribution in [0.25, 0.3) is 5.69 Å². The van der Waals surface area contributed by atoms with E-state index in [-0.39, 0.29) is 12.8 Å². The summed E-state index contributed by atoms with van der Waals surface area (Å²) in [6, 6.07) is 11.8. The number of hydrogen-bond donors (Lipinski definition) is 0. The lowest BCUT2D eigenvalue weighted by atomic mass is 9.90. The quantitative estimate of drug-likeness (QED) is 0.702. The summed E-state index contributed by atoms with van der Waals surface area (Å²) in [5, 5.41) is 12.5. The highest BCUT2D eigenvalue weighted by Gasteiger charge is 2.37. The second kappa shape index (κ2) is 6.24. The minimum Gasteiger partial charge on any atom is -0.492 e. The van der Waals surface area contributed by atoms with Crippen molar-refractivity contribution in [3.63, 3.8) is 0 Å². The van der Waals surface area contributed by atoms with Crippen molar-refractivity contribution in [2.75, 3.05) is 27.5 Å². The van der Waals surface area contributed by atoms with Gasteiger partial charge in [0, 0.05) is 12.1 Å². The van der Waals surface area contributed by atoms with Crippen molar-refractivity contribution in [2.24, 2.45) is 0 Å². The Morgan fingerprint density at radius 2 is 2.04 bits per heavy atom. The summed E-state index contributed by atoms with van der Waals surface area (Å²) in [5.41, 5.74) is 3.11. The Morgan fingerprint density at radius 3 is 2.85 bits per heavy atom. The standard InChI is InChI=1S/C19H19N5O3/c1-23-9-8-12-10-14-17(27-11-26-14)18(25-2)15(12)16(23)19-20-21-22-24(19)13-6-4-3-5-7-13/h3-7,10,16H,8-9,11H2,1-2H3/t16-/m1/s1. The van der Waals surface area contributed by atoms with Crippen molar-refractivity contribution < 1.29 is 14.2 Å². The molecule has 5 rings (SSSR count). The van der Waals surface area contributed by atoms with E-state index in [2.05, 4.69) is 33.5 Å². The Kier molecular flexibility index (Phi) is 3.71. The van der Waals surface area contributed by atoms with Gasteiger partial charge in [-0.1, -0.05) is 18.2 Å². The second-order valence-corrected chi connectivity index (χ2v) is 6.63. The molecule has 3 heterocycles. The Morgan fingerprint density at radius 1 is 1.19 bits per heavy atom. The van der Waals surface area contributed by atoms with Crippen LogP contribution in [0.4, 0.5) is 0 Å². The third kappa shape index (κ3) is 2.44. The summed E-state index contributed by atoms with van der Waals surface area (Å²) < 4.78 is 18.8. The van der Waals surface area contributed by atoms with Crippen LogP contribution in [0.5, 0.6) is 17.2 Å². The first kappa shape index (κ1) is 16.1. The molecule has 0 saturated heterocycles. The van der Waals surface area contributed by atoms with Crippen LogP contribution >= 0.6 is 0 Å². The number of methoxy groups -OCH3 is 1. The van der Waals surface area contributed by atoms with Crippen molar-refractivity contribution in [3.8, 4) is 22.9 Å². The lowest BCUT2D eigenvalue weighted by Gasteiger charge is -2.34. The molecule has 0 saturated carbocycles. The Balaban J connectivity index is 1.71. The van der Waals surface area contributed by atoms with Gasteiger partial charge in [0.05, 0.1) is 12.8 Å². The van der Waals surface area contributed by atoms with E-state index in [9.17, 15) is 0 Å². The van der Waals surface area contributed by atoms with E-state index in [0.29, 0.717) is 11.5 Å². The highest BCUT2D eigenvalue weighted by atomic mass is 16.7. The third-order valence-electron chi connectivity index (χ3n) is 5.13. The average molecular weight is 365 g/mol. The number of likely N-dealkylation sites (N-methyl/N-ethyl adjacent to an activating group) is 1. The maximum Gasteiger partial charge on any atom is 0.231 e. The van der Waals surface area contributed by atoms with E-state index >= 15 is 0 Å². The molecule has 0 amide bonds. The van der Waals surface area contributed by atoms with Crippen molar-refractivity contribution in [3.05, 3.63) is 53.3 Å². The van der Waals surface area contributed by atoms with Crippen molar-refractivity contribution in [1.82, 2.24) is 25.1 Å². The van der Waals surface area contributed by atoms with E-state index in [1.165, 1.54) is 5.56 Å². The van der Waals surface area contributed by atoms with Gasteiger partial charge >= 0.3 is 0 Å². The Labute approximate surface area is 156 Å². The summed E-state index contributed by atoms with van der Waals surface area (Å²) in [7, 11) is 3.73. The van der Waals surface area contributed by atoms with Gasteiger partial charge in [-0.3, -0.25) is 4.90 Å². The number of rotatable bonds is 3. The summed E-state index contributed by atoms with van der Waals surface area (Å²) in [6.45, 7) is 1.08. The molecular formula is C19H19N5O3. The molecule has 3 aromatic rings. The smallest absolute Gasteiger partial charge is 0.231 e. The van der Waals surface area contributed by atoms with Crippen molar-refractivity contribution >= 4 is 0 Å². The zero-order valence-electron chi connectivity index (χ0n) is 15.1. The molecule has 2 aliphatic heterocycles. The van der Waals surface area contributed by atoms with Gasteiger partial charge in [0.25, 0.3) is 0 Å². The highest BCUT2D eigenvalue weighted by Crippen LogP contribution is 2.50.